The Kier molecular flexibility index (Phi) is 3.88. The molecule has 2 heterocycles. The van der Waals surface area contributed by atoms with Crippen LogP contribution in [0.25, 0.3) is 16.6 Å². The second-order valence-corrected chi connectivity index (χ2v) is 6.97. The Labute approximate surface area is 138 Å². The number of fused-ring (bicyclic) bond motifs is 3. The molecule has 0 radical (unpaired) electrons. The van der Waals surface area contributed by atoms with Gasteiger partial charge in [-0.3, -0.25) is 4.40 Å². The molecule has 3 aromatic rings. The van der Waals surface area contributed by atoms with Crippen LogP contribution in [-0.2, 0) is 14.6 Å². The molecule has 126 valence electrons. The number of hydrogen-bond donors (Lipinski definition) is 0. The number of carbonyl (C=O) groups is 1. The Hall–Kier alpha value is -2.68. The van der Waals surface area contributed by atoms with Gasteiger partial charge in [-0.15, -0.1) is 0 Å². The summed E-state index contributed by atoms with van der Waals surface area (Å²) < 4.78 is 35.7. The van der Waals surface area contributed by atoms with E-state index in [0.717, 1.165) is 6.26 Å². The molecule has 2 aromatic heterocycles. The van der Waals surface area contributed by atoms with Crippen LogP contribution in [0.1, 0.15) is 17.4 Å². The average molecular weight is 349 g/mol. The first kappa shape index (κ1) is 16.2. The van der Waals surface area contributed by atoms with Crippen molar-refractivity contribution in [3.05, 3.63) is 30.1 Å². The monoisotopic (exact) mass is 349 g/mol. The molecule has 0 bridgehead atoms. The topological polar surface area (TPSA) is 99.9 Å². The molecule has 9 heteroatoms. The third-order valence-electron chi connectivity index (χ3n) is 3.40. The summed E-state index contributed by atoms with van der Waals surface area (Å²) in [6, 6.07) is 5.14. The molecule has 0 aliphatic carbocycles. The number of rotatable bonds is 4. The average Bonchev–Trinajstić information content (AvgIpc) is 2.98. The van der Waals surface area contributed by atoms with E-state index in [9.17, 15) is 13.2 Å². The third kappa shape index (κ3) is 2.56. The predicted molar refractivity (Wildman–Crippen MR) is 86.1 cm³/mol. The smallest absolute Gasteiger partial charge is 0.358 e. The molecule has 0 atom stereocenters. The Morgan fingerprint density at radius 2 is 2.04 bits per heavy atom. The van der Waals surface area contributed by atoms with Gasteiger partial charge in [0.15, 0.2) is 5.69 Å². The predicted octanol–water partition coefficient (Wildman–Crippen LogP) is 1.47. The van der Waals surface area contributed by atoms with Gasteiger partial charge in [-0.05, 0) is 19.1 Å². The Balaban J connectivity index is 2.45. The van der Waals surface area contributed by atoms with Crippen LogP contribution in [-0.4, -0.2) is 48.7 Å². The maximum Gasteiger partial charge on any atom is 0.358 e. The molecule has 0 spiro atoms. The number of carbonyl (C=O) groups excluding carboxylic acids is 1. The maximum atomic E-state index is 12.1. The third-order valence-corrected chi connectivity index (χ3v) is 4.35. The van der Waals surface area contributed by atoms with Crippen molar-refractivity contribution in [1.82, 2.24) is 14.4 Å². The number of benzene rings is 1. The van der Waals surface area contributed by atoms with Crippen molar-refractivity contribution in [2.24, 2.45) is 0 Å². The number of esters is 1. The number of ether oxygens (including phenoxy) is 2. The maximum absolute atomic E-state index is 12.1. The van der Waals surface area contributed by atoms with E-state index < -0.39 is 15.8 Å². The molecule has 8 nitrogen and oxygen atoms in total. The zero-order chi connectivity index (χ0) is 17.5. The summed E-state index contributed by atoms with van der Waals surface area (Å²) in [5.74, 6) is -0.211. The lowest BCUT2D eigenvalue weighted by Crippen LogP contribution is -2.08. The molecule has 24 heavy (non-hydrogen) atoms. The van der Waals surface area contributed by atoms with Gasteiger partial charge in [0.1, 0.15) is 16.9 Å². The summed E-state index contributed by atoms with van der Waals surface area (Å²) in [7, 11) is -2.20. The van der Waals surface area contributed by atoms with E-state index in [0.29, 0.717) is 22.3 Å². The zero-order valence-corrected chi connectivity index (χ0v) is 14.1. The summed E-state index contributed by atoms with van der Waals surface area (Å²) in [5.41, 5.74) is 0.662. The van der Waals surface area contributed by atoms with Gasteiger partial charge in [0, 0.05) is 17.8 Å². The van der Waals surface area contributed by atoms with Crippen molar-refractivity contribution in [2.75, 3.05) is 20.0 Å². The summed E-state index contributed by atoms with van der Waals surface area (Å²) >= 11 is 0. The van der Waals surface area contributed by atoms with Gasteiger partial charge in [0.05, 0.1) is 13.7 Å². The van der Waals surface area contributed by atoms with Crippen molar-refractivity contribution < 1.29 is 22.7 Å². The van der Waals surface area contributed by atoms with E-state index in [1.165, 1.54) is 17.7 Å². The molecule has 0 saturated heterocycles. The van der Waals surface area contributed by atoms with Crippen molar-refractivity contribution in [2.45, 2.75) is 12.1 Å². The summed E-state index contributed by atoms with van der Waals surface area (Å²) in [6.07, 6.45) is 2.36. The number of methoxy groups -OCH3 is 1. The van der Waals surface area contributed by atoms with Gasteiger partial charge in [-0.25, -0.2) is 23.2 Å². The normalized spacial score (nSPS) is 11.8. The summed E-state index contributed by atoms with van der Waals surface area (Å²) in [6.45, 7) is 1.87. The van der Waals surface area contributed by atoms with E-state index in [-0.39, 0.29) is 17.5 Å². The molecule has 0 aliphatic heterocycles. The van der Waals surface area contributed by atoms with Crippen LogP contribution in [0, 0.1) is 0 Å². The lowest BCUT2D eigenvalue weighted by Gasteiger charge is -2.08. The van der Waals surface area contributed by atoms with Gasteiger partial charge in [-0.1, -0.05) is 6.07 Å². The van der Waals surface area contributed by atoms with Crippen molar-refractivity contribution in [1.29, 1.82) is 0 Å². The highest BCUT2D eigenvalue weighted by Crippen LogP contribution is 2.28. The second kappa shape index (κ2) is 5.75. The standard InChI is InChI=1S/C15H15N3O5S/c1-4-23-14(19)10-8-18-13(16-10)9-6-5-7-11(22-2)12(9)17-15(18)24(3,20)21/h5-8H,4H2,1-3H3. The van der Waals surface area contributed by atoms with Crippen LogP contribution < -0.4 is 4.74 Å². The number of sulfone groups is 1. The van der Waals surface area contributed by atoms with Crippen LogP contribution in [0.3, 0.4) is 0 Å². The summed E-state index contributed by atoms with van der Waals surface area (Å²) in [4.78, 5) is 20.4. The Morgan fingerprint density at radius 3 is 2.67 bits per heavy atom. The van der Waals surface area contributed by atoms with Crippen LogP contribution in [0.15, 0.2) is 29.6 Å². The highest BCUT2D eigenvalue weighted by atomic mass is 32.2. The van der Waals surface area contributed by atoms with Gasteiger partial charge < -0.3 is 9.47 Å². The zero-order valence-electron chi connectivity index (χ0n) is 13.3. The first-order valence-electron chi connectivity index (χ1n) is 7.09. The first-order chi connectivity index (χ1) is 11.4. The lowest BCUT2D eigenvalue weighted by atomic mass is 10.2. The van der Waals surface area contributed by atoms with Crippen LogP contribution in [0.5, 0.6) is 5.75 Å². The quantitative estimate of drug-likeness (QED) is 0.519. The van der Waals surface area contributed by atoms with Crippen LogP contribution in [0.4, 0.5) is 0 Å². The minimum Gasteiger partial charge on any atom is -0.494 e. The molecular weight excluding hydrogens is 334 g/mol. The van der Waals surface area contributed by atoms with Crippen molar-refractivity contribution >= 4 is 32.4 Å². The van der Waals surface area contributed by atoms with Crippen LogP contribution >= 0.6 is 0 Å². The molecule has 0 amide bonds. The molecule has 0 unspecified atom stereocenters. The van der Waals surface area contributed by atoms with Gasteiger partial charge >= 0.3 is 5.97 Å². The molecule has 0 saturated carbocycles. The Morgan fingerprint density at radius 1 is 1.29 bits per heavy atom. The largest absolute Gasteiger partial charge is 0.494 e. The minimum atomic E-state index is -3.67. The number of hydrogen-bond acceptors (Lipinski definition) is 7. The minimum absolute atomic E-state index is 0.0128. The Bertz CT molecular complexity index is 1060. The van der Waals surface area contributed by atoms with E-state index in [1.807, 2.05) is 0 Å². The fourth-order valence-corrected chi connectivity index (χ4v) is 3.17. The van der Waals surface area contributed by atoms with Gasteiger partial charge in [0.2, 0.25) is 15.0 Å². The van der Waals surface area contributed by atoms with E-state index in [4.69, 9.17) is 9.47 Å². The van der Waals surface area contributed by atoms with Gasteiger partial charge in [-0.2, -0.15) is 0 Å². The summed E-state index contributed by atoms with van der Waals surface area (Å²) in [5, 5.41) is 0.342. The fraction of sp³-hybridized carbons (Fsp3) is 0.267. The number of aromatic nitrogens is 3. The van der Waals surface area contributed by atoms with E-state index in [2.05, 4.69) is 9.97 Å². The molecule has 0 aliphatic rings. The second-order valence-electron chi connectivity index (χ2n) is 5.06. The number of imidazole rings is 1. The molecule has 0 N–H and O–H groups in total. The molecule has 1 aromatic carbocycles. The molecule has 0 fully saturated rings. The number of nitrogens with zero attached hydrogens (tertiary/aromatic N) is 3. The SMILES string of the molecule is CCOC(=O)c1cn2c(S(C)(=O)=O)nc3c(OC)cccc3c2n1. The van der Waals surface area contributed by atoms with Gasteiger partial charge in [0.25, 0.3) is 0 Å². The van der Waals surface area contributed by atoms with Crippen molar-refractivity contribution in [3.8, 4) is 5.75 Å². The van der Waals surface area contributed by atoms with E-state index >= 15 is 0 Å². The van der Waals surface area contributed by atoms with Crippen molar-refractivity contribution in [3.63, 3.8) is 0 Å². The number of para-hydroxylation sites is 1. The molecule has 3 rings (SSSR count). The fourth-order valence-electron chi connectivity index (χ4n) is 2.41. The molecular formula is C15H15N3O5S. The van der Waals surface area contributed by atoms with E-state index in [1.54, 1.807) is 25.1 Å². The lowest BCUT2D eigenvalue weighted by molar-refractivity contribution is 0.0520. The highest BCUT2D eigenvalue weighted by Gasteiger charge is 2.22. The van der Waals surface area contributed by atoms with Crippen LogP contribution in [0.2, 0.25) is 0 Å². The highest BCUT2D eigenvalue weighted by molar-refractivity contribution is 7.90. The first-order valence-corrected chi connectivity index (χ1v) is 8.99.